The van der Waals surface area contributed by atoms with Gasteiger partial charge in [0, 0.05) is 34.4 Å². The largest absolute Gasteiger partial charge is 0.501 e. The molecule has 0 aliphatic rings. The van der Waals surface area contributed by atoms with Crippen molar-refractivity contribution in [1.82, 2.24) is 14.5 Å². The second-order valence-electron chi connectivity index (χ2n) is 17.5. The van der Waals surface area contributed by atoms with Crippen molar-refractivity contribution in [2.45, 2.75) is 83.9 Å². The van der Waals surface area contributed by atoms with E-state index in [4.69, 9.17) is 13.5 Å². The Balaban J connectivity index is 0.000000204. The maximum absolute atomic E-state index is 13.7. The summed E-state index contributed by atoms with van der Waals surface area (Å²) in [6, 6.07) is 36.5. The fraction of sp³-hybridized carbons (Fsp3) is 0.275. The molecule has 8 rings (SSSR count). The summed E-state index contributed by atoms with van der Waals surface area (Å²) in [5, 5.41) is 10.7. The molecule has 0 bridgehead atoms. The third kappa shape index (κ3) is 9.31. The van der Waals surface area contributed by atoms with E-state index >= 15 is 0 Å². The Kier molecular flexibility index (Phi) is 11.7. The molecule has 8 heteroatoms. The first-order valence-corrected chi connectivity index (χ1v) is 27.1. The number of hydrogen-bond donors (Lipinski definition) is 0. The van der Waals surface area contributed by atoms with Crippen molar-refractivity contribution in [3.63, 3.8) is 0 Å². The fourth-order valence-corrected chi connectivity index (χ4v) is 9.70. The molecular formula is C51H51FGeIrN4O-2. The second kappa shape index (κ2) is 17.4. The van der Waals surface area contributed by atoms with Gasteiger partial charge in [-0.25, -0.2) is 0 Å². The molecule has 3 aromatic heterocycles. The minimum atomic E-state index is -2.05. The Bertz CT molecular complexity index is 2940. The first-order valence-electron chi connectivity index (χ1n) is 21.3. The van der Waals surface area contributed by atoms with Crippen LogP contribution in [-0.4, -0.2) is 27.8 Å². The number of pyridine rings is 1. The maximum atomic E-state index is 13.7. The summed E-state index contributed by atoms with van der Waals surface area (Å²) in [6.07, 6.45) is 0.0375. The minimum absolute atomic E-state index is 0. The summed E-state index contributed by atoms with van der Waals surface area (Å²) < 4.78 is 48.8. The summed E-state index contributed by atoms with van der Waals surface area (Å²) in [7, 11) is 0. The van der Waals surface area contributed by atoms with Crippen LogP contribution in [0, 0.1) is 34.7 Å². The quantitative estimate of drug-likeness (QED) is 0.118. The minimum Gasteiger partial charge on any atom is -0.501 e. The monoisotopic (exact) mass is 1020 g/mol. The van der Waals surface area contributed by atoms with E-state index < -0.39 is 25.1 Å². The standard InChI is InChI=1S/C28H32FGeN2.C23H19N2O.Ir/c1-18(2)23-16-22(30(5,6)7)17-24(19(3)4)27(23)32-26-11-9-8-10-25(26)31-28(32)20-12-14-21(29)15-13-20;1-23(2,3)13-15-9-10-25-20(11-15)19-6-4-5-18-17-8-7-16(14-24)12-21(17)26-22(18)19;/h8-12,14-19H,1-7H3;4-5,7-12H,13H2,1-3H3;/q2*-1;/i;12D,13D2;. The molecular weight excluding hydrogens is 968 g/mol. The smallest absolute Gasteiger partial charge is 0.122 e. The van der Waals surface area contributed by atoms with Crippen LogP contribution in [-0.2, 0) is 26.5 Å². The molecule has 0 spiro atoms. The number of hydrogen-bond acceptors (Lipinski definition) is 4. The third-order valence-corrected chi connectivity index (χ3v) is 14.3. The molecule has 0 fully saturated rings. The number of imidazole rings is 1. The van der Waals surface area contributed by atoms with Gasteiger partial charge in [0.25, 0.3) is 0 Å². The zero-order valence-electron chi connectivity index (χ0n) is 38.3. The molecule has 59 heavy (non-hydrogen) atoms. The number of aromatic nitrogens is 3. The van der Waals surface area contributed by atoms with E-state index in [2.05, 4.69) is 90.9 Å². The van der Waals surface area contributed by atoms with Crippen LogP contribution < -0.4 is 4.40 Å². The van der Waals surface area contributed by atoms with Gasteiger partial charge in [-0.3, -0.25) is 0 Å². The molecule has 0 amide bonds. The Morgan fingerprint density at radius 3 is 2.27 bits per heavy atom. The normalized spacial score (nSPS) is 12.8. The Morgan fingerprint density at radius 1 is 0.932 bits per heavy atom. The molecule has 0 aliphatic carbocycles. The average molecular weight is 1020 g/mol. The first-order chi connectivity index (χ1) is 28.7. The average Bonchev–Trinajstić information content (AvgIpc) is 3.80. The van der Waals surface area contributed by atoms with E-state index in [9.17, 15) is 9.65 Å². The van der Waals surface area contributed by atoms with Gasteiger partial charge in [0.1, 0.15) is 5.58 Å². The van der Waals surface area contributed by atoms with Crippen LogP contribution >= 0.6 is 0 Å². The number of benzene rings is 5. The van der Waals surface area contributed by atoms with Gasteiger partial charge in [0.15, 0.2) is 0 Å². The summed E-state index contributed by atoms with van der Waals surface area (Å²) in [4.78, 5) is 9.41. The van der Waals surface area contributed by atoms with Crippen LogP contribution in [0.4, 0.5) is 4.39 Å². The van der Waals surface area contributed by atoms with E-state index in [0.717, 1.165) is 33.2 Å². The van der Waals surface area contributed by atoms with Crippen LogP contribution in [0.1, 0.15) is 86.7 Å². The number of furan rings is 1. The van der Waals surface area contributed by atoms with Crippen LogP contribution in [0.2, 0.25) is 17.3 Å². The van der Waals surface area contributed by atoms with E-state index in [1.807, 2.05) is 45.0 Å². The van der Waals surface area contributed by atoms with Gasteiger partial charge in [0.05, 0.1) is 18.6 Å². The molecule has 0 atom stereocenters. The summed E-state index contributed by atoms with van der Waals surface area (Å²) in [5.41, 5.74) is 8.91. The predicted molar refractivity (Wildman–Crippen MR) is 240 cm³/mol. The van der Waals surface area contributed by atoms with Crippen molar-refractivity contribution < 1.29 is 33.0 Å². The summed E-state index contributed by atoms with van der Waals surface area (Å²) in [5.74, 6) is 8.60. The van der Waals surface area contributed by atoms with E-state index in [0.29, 0.717) is 39.8 Å². The predicted octanol–water partition coefficient (Wildman–Crippen LogP) is 13.3. The zero-order valence-corrected chi connectivity index (χ0v) is 39.8. The Hall–Kier alpha value is -4.87. The molecule has 0 aliphatic heterocycles. The van der Waals surface area contributed by atoms with Crippen molar-refractivity contribution in [3.05, 3.63) is 143 Å². The van der Waals surface area contributed by atoms with Gasteiger partial charge in [-0.15, -0.1) is 18.2 Å². The molecule has 5 nitrogen and oxygen atoms in total. The number of halogens is 1. The molecule has 3 heterocycles. The second-order valence-corrected chi connectivity index (χ2v) is 28.1. The third-order valence-electron chi connectivity index (χ3n) is 10.1. The van der Waals surface area contributed by atoms with Crippen LogP contribution in [0.3, 0.4) is 0 Å². The number of nitrogens with zero attached hydrogens (tertiary/aromatic N) is 4. The number of nitriles is 1. The number of rotatable bonds is 7. The van der Waals surface area contributed by atoms with E-state index in [1.54, 1.807) is 42.6 Å². The van der Waals surface area contributed by atoms with Gasteiger partial charge in [0.2, 0.25) is 0 Å². The molecule has 5 aromatic carbocycles. The first kappa shape index (κ1) is 39.6. The van der Waals surface area contributed by atoms with Gasteiger partial charge in [-0.2, -0.15) is 5.26 Å². The van der Waals surface area contributed by atoms with Gasteiger partial charge in [-0.05, 0) is 35.7 Å². The Morgan fingerprint density at radius 2 is 1.64 bits per heavy atom. The van der Waals surface area contributed by atoms with Crippen molar-refractivity contribution in [3.8, 4) is 34.4 Å². The fourth-order valence-electron chi connectivity index (χ4n) is 7.23. The molecule has 0 N–H and O–H groups in total. The zero-order chi connectivity index (χ0) is 44.2. The molecule has 0 unspecified atom stereocenters. The van der Waals surface area contributed by atoms with E-state index in [1.165, 1.54) is 33.3 Å². The van der Waals surface area contributed by atoms with Crippen LogP contribution in [0.25, 0.3) is 61.3 Å². The van der Waals surface area contributed by atoms with Crippen LogP contribution in [0.5, 0.6) is 0 Å². The molecule has 8 aromatic rings. The van der Waals surface area contributed by atoms with Crippen LogP contribution in [0.15, 0.2) is 108 Å². The molecule has 0 saturated carbocycles. The Labute approximate surface area is 368 Å². The van der Waals surface area contributed by atoms with Crippen molar-refractivity contribution in [2.24, 2.45) is 5.41 Å². The maximum Gasteiger partial charge on any atom is 0.122 e. The van der Waals surface area contributed by atoms with Crippen molar-refractivity contribution in [1.29, 1.82) is 5.26 Å². The summed E-state index contributed by atoms with van der Waals surface area (Å²) in [6.45, 7) is 14.7. The van der Waals surface area contributed by atoms with Crippen molar-refractivity contribution >= 4 is 50.6 Å². The SMILES string of the molecule is CC(C)c1c[c]([Ge]([CH3])([CH3])[CH3])cc(C(C)C)c1-n1c(-c2[c-]cc(F)cc2)nc2ccccc21.[2H]c1c(C#N)ccc2c1oc1c(-c3cc(C([2H])([2H])C(C)(C)C)ccn3)[c-]ccc12.[Ir]. The topological polar surface area (TPSA) is 67.6 Å². The number of fused-ring (bicyclic) bond motifs is 4. The van der Waals surface area contributed by atoms with Gasteiger partial charge < -0.3 is 9.40 Å². The van der Waals surface area contributed by atoms with E-state index in [-0.39, 0.29) is 37.5 Å². The molecule has 0 saturated heterocycles. The van der Waals surface area contributed by atoms with Crippen molar-refractivity contribution in [2.75, 3.05) is 0 Å². The number of para-hydroxylation sites is 2. The van der Waals surface area contributed by atoms with Gasteiger partial charge >= 0.3 is 194 Å². The summed E-state index contributed by atoms with van der Waals surface area (Å²) >= 11 is -2.05. The van der Waals surface area contributed by atoms with Gasteiger partial charge in [-0.1, -0.05) is 49.4 Å². The molecule has 303 valence electrons. The molecule has 1 radical (unpaired) electrons.